The zero-order valence-electron chi connectivity index (χ0n) is 11.9. The molecule has 7 heteroatoms. The minimum Gasteiger partial charge on any atom is -0.435 e. The molecule has 0 radical (unpaired) electrons. The number of benzene rings is 2. The van der Waals surface area contributed by atoms with E-state index >= 15 is 0 Å². The number of halogens is 3. The molecular weight excluding hydrogens is 328 g/mol. The van der Waals surface area contributed by atoms with Crippen molar-refractivity contribution in [3.05, 3.63) is 64.7 Å². The zero-order valence-corrected chi connectivity index (χ0v) is 12.6. The van der Waals surface area contributed by atoms with Gasteiger partial charge in [-0.2, -0.15) is 8.78 Å². The van der Waals surface area contributed by atoms with Crippen molar-refractivity contribution in [1.29, 1.82) is 0 Å². The summed E-state index contributed by atoms with van der Waals surface area (Å²) < 4.78 is 28.3. The van der Waals surface area contributed by atoms with Crippen LogP contribution in [0.3, 0.4) is 0 Å². The second-order valence-electron chi connectivity index (χ2n) is 4.65. The molecule has 0 aliphatic rings. The number of alkyl halides is 2. The number of carbonyl (C=O) groups is 1. The number of hydrogen-bond acceptors (Lipinski definition) is 3. The number of carbonyl (C=O) groups excluding carboxylic acids is 1. The highest BCUT2D eigenvalue weighted by Crippen LogP contribution is 2.22. The monoisotopic (exact) mass is 341 g/mol. The molecule has 0 aliphatic heterocycles. The van der Waals surface area contributed by atoms with Crippen molar-refractivity contribution >= 4 is 17.5 Å². The lowest BCUT2D eigenvalue weighted by molar-refractivity contribution is -0.0498. The molecule has 0 fully saturated rings. The number of nitrogens with one attached hydrogen (secondary N) is 1. The van der Waals surface area contributed by atoms with E-state index in [0.717, 1.165) is 0 Å². The van der Waals surface area contributed by atoms with Crippen LogP contribution in [0.15, 0.2) is 48.5 Å². The van der Waals surface area contributed by atoms with E-state index in [1.54, 1.807) is 24.3 Å². The maximum Gasteiger partial charge on any atom is 0.387 e. The Kier molecular flexibility index (Phi) is 5.90. The van der Waals surface area contributed by atoms with Gasteiger partial charge in [0.15, 0.2) is 0 Å². The number of ether oxygens (including phenoxy) is 1. The van der Waals surface area contributed by atoms with E-state index < -0.39 is 18.6 Å². The molecule has 1 amide bonds. The third-order valence-corrected chi connectivity index (χ3v) is 3.41. The quantitative estimate of drug-likeness (QED) is 0.846. The Balaban J connectivity index is 1.93. The Morgan fingerprint density at radius 1 is 1.17 bits per heavy atom. The molecule has 0 aromatic heterocycles. The molecule has 1 atom stereocenters. The molecule has 0 heterocycles. The number of rotatable bonds is 6. The van der Waals surface area contributed by atoms with Gasteiger partial charge in [-0.25, -0.2) is 0 Å². The second-order valence-corrected chi connectivity index (χ2v) is 5.06. The van der Waals surface area contributed by atoms with Gasteiger partial charge in [0.05, 0.1) is 6.10 Å². The van der Waals surface area contributed by atoms with Gasteiger partial charge in [0.2, 0.25) is 0 Å². The molecule has 2 rings (SSSR count). The SMILES string of the molecule is O=C(NCC(O)c1ccccc1Cl)c1ccc(OC(F)F)cc1. The molecule has 0 spiro atoms. The van der Waals surface area contributed by atoms with Gasteiger partial charge in [0, 0.05) is 22.7 Å². The molecule has 4 nitrogen and oxygen atoms in total. The van der Waals surface area contributed by atoms with Crippen molar-refractivity contribution in [2.45, 2.75) is 12.7 Å². The van der Waals surface area contributed by atoms with Crippen LogP contribution in [-0.2, 0) is 0 Å². The predicted octanol–water partition coefficient (Wildman–Crippen LogP) is 3.40. The third kappa shape index (κ3) is 4.91. The average molecular weight is 342 g/mol. The van der Waals surface area contributed by atoms with E-state index in [2.05, 4.69) is 10.1 Å². The molecular formula is C16H14ClF2NO3. The molecule has 2 aromatic rings. The van der Waals surface area contributed by atoms with Gasteiger partial charge in [-0.05, 0) is 30.3 Å². The number of aliphatic hydroxyl groups excluding tert-OH is 1. The fraction of sp³-hybridized carbons (Fsp3) is 0.188. The van der Waals surface area contributed by atoms with E-state index in [1.165, 1.54) is 24.3 Å². The smallest absolute Gasteiger partial charge is 0.387 e. The van der Waals surface area contributed by atoms with Gasteiger partial charge >= 0.3 is 6.61 Å². The number of amides is 1. The van der Waals surface area contributed by atoms with Gasteiger partial charge in [0.1, 0.15) is 5.75 Å². The molecule has 0 saturated heterocycles. The van der Waals surface area contributed by atoms with Crippen LogP contribution >= 0.6 is 11.6 Å². The summed E-state index contributed by atoms with van der Waals surface area (Å²) in [5, 5.41) is 13.0. The highest BCUT2D eigenvalue weighted by molar-refractivity contribution is 6.31. The lowest BCUT2D eigenvalue weighted by atomic mass is 10.1. The average Bonchev–Trinajstić information content (AvgIpc) is 2.53. The summed E-state index contributed by atoms with van der Waals surface area (Å²) in [5.74, 6) is -0.479. The second kappa shape index (κ2) is 7.89. The Morgan fingerprint density at radius 3 is 2.43 bits per heavy atom. The molecule has 0 bridgehead atoms. The topological polar surface area (TPSA) is 58.6 Å². The highest BCUT2D eigenvalue weighted by atomic mass is 35.5. The van der Waals surface area contributed by atoms with E-state index in [1.807, 2.05) is 0 Å². The Hall–Kier alpha value is -2.18. The van der Waals surface area contributed by atoms with E-state index in [0.29, 0.717) is 10.6 Å². The Morgan fingerprint density at radius 2 is 1.83 bits per heavy atom. The van der Waals surface area contributed by atoms with Crippen LogP contribution in [0.2, 0.25) is 5.02 Å². The molecule has 0 aliphatic carbocycles. The maximum absolute atomic E-state index is 12.0. The van der Waals surface area contributed by atoms with Crippen LogP contribution in [0.4, 0.5) is 8.78 Å². The van der Waals surface area contributed by atoms with Crippen molar-refractivity contribution in [3.63, 3.8) is 0 Å². The van der Waals surface area contributed by atoms with Crippen molar-refractivity contribution in [3.8, 4) is 5.75 Å². The summed E-state index contributed by atoms with van der Waals surface area (Å²) in [7, 11) is 0. The first kappa shape index (κ1) is 17.2. The Labute approximate surface area is 136 Å². The van der Waals surface area contributed by atoms with Crippen molar-refractivity contribution in [2.75, 3.05) is 6.54 Å². The van der Waals surface area contributed by atoms with E-state index in [9.17, 15) is 18.7 Å². The first-order chi connectivity index (χ1) is 11.0. The van der Waals surface area contributed by atoms with E-state index in [4.69, 9.17) is 11.6 Å². The van der Waals surface area contributed by atoms with Crippen LogP contribution in [0.25, 0.3) is 0 Å². The molecule has 2 aromatic carbocycles. The zero-order chi connectivity index (χ0) is 16.8. The van der Waals surface area contributed by atoms with E-state index in [-0.39, 0.29) is 17.9 Å². The summed E-state index contributed by atoms with van der Waals surface area (Å²) in [4.78, 5) is 12.0. The van der Waals surface area contributed by atoms with Gasteiger partial charge in [-0.15, -0.1) is 0 Å². The number of hydrogen-bond donors (Lipinski definition) is 2. The van der Waals surface area contributed by atoms with Crippen LogP contribution in [-0.4, -0.2) is 24.2 Å². The fourth-order valence-corrected chi connectivity index (χ4v) is 2.20. The molecule has 2 N–H and O–H groups in total. The lowest BCUT2D eigenvalue weighted by Gasteiger charge is -2.13. The van der Waals surface area contributed by atoms with Gasteiger partial charge in [0.25, 0.3) is 5.91 Å². The van der Waals surface area contributed by atoms with Gasteiger partial charge in [-0.3, -0.25) is 4.79 Å². The first-order valence-corrected chi connectivity index (χ1v) is 7.10. The third-order valence-electron chi connectivity index (χ3n) is 3.06. The van der Waals surface area contributed by atoms with Crippen LogP contribution < -0.4 is 10.1 Å². The predicted molar refractivity (Wildman–Crippen MR) is 81.8 cm³/mol. The Bertz CT molecular complexity index is 665. The van der Waals surface area contributed by atoms with Crippen molar-refractivity contribution in [2.24, 2.45) is 0 Å². The summed E-state index contributed by atoms with van der Waals surface area (Å²) in [6, 6.07) is 12.0. The minimum absolute atomic E-state index is 0.0299. The van der Waals surface area contributed by atoms with Crippen LogP contribution in [0.1, 0.15) is 22.0 Å². The maximum atomic E-state index is 12.0. The normalized spacial score (nSPS) is 12.0. The highest BCUT2D eigenvalue weighted by Gasteiger charge is 2.13. The fourth-order valence-electron chi connectivity index (χ4n) is 1.93. The summed E-state index contributed by atoms with van der Waals surface area (Å²) in [5.41, 5.74) is 0.771. The van der Waals surface area contributed by atoms with Gasteiger partial charge < -0.3 is 15.2 Å². The molecule has 23 heavy (non-hydrogen) atoms. The molecule has 0 saturated carbocycles. The minimum atomic E-state index is -2.92. The van der Waals surface area contributed by atoms with Crippen LogP contribution in [0, 0.1) is 0 Å². The summed E-state index contributed by atoms with van der Waals surface area (Å²) in [6.45, 7) is -2.95. The lowest BCUT2D eigenvalue weighted by Crippen LogP contribution is -2.28. The van der Waals surface area contributed by atoms with Crippen molar-refractivity contribution in [1.82, 2.24) is 5.32 Å². The summed E-state index contributed by atoms with van der Waals surface area (Å²) in [6.07, 6.45) is -0.950. The molecule has 1 unspecified atom stereocenters. The van der Waals surface area contributed by atoms with Gasteiger partial charge in [-0.1, -0.05) is 29.8 Å². The number of aliphatic hydroxyl groups is 1. The first-order valence-electron chi connectivity index (χ1n) is 6.73. The van der Waals surface area contributed by atoms with Crippen LogP contribution in [0.5, 0.6) is 5.75 Å². The largest absolute Gasteiger partial charge is 0.435 e. The summed E-state index contributed by atoms with van der Waals surface area (Å²) >= 11 is 5.96. The molecule has 122 valence electrons. The van der Waals surface area contributed by atoms with Crippen molar-refractivity contribution < 1.29 is 23.4 Å². The standard InChI is InChI=1S/C16H14ClF2NO3/c17-13-4-2-1-3-12(13)14(21)9-20-15(22)10-5-7-11(8-6-10)23-16(18)19/h1-8,14,16,21H,9H2,(H,20,22).